The first kappa shape index (κ1) is 14.2. The number of allylic oxidation sites excluding steroid dienone is 1. The van der Waals surface area contributed by atoms with Crippen LogP contribution in [0.25, 0.3) is 0 Å². The largest absolute Gasteiger partial charge is 0.360 e. The van der Waals surface area contributed by atoms with Crippen molar-refractivity contribution in [2.45, 2.75) is 39.5 Å². The second-order valence-corrected chi connectivity index (χ2v) is 4.87. The summed E-state index contributed by atoms with van der Waals surface area (Å²) in [5, 5.41) is 0. The third-order valence-corrected chi connectivity index (χ3v) is 3.38. The number of unbranched alkanes of at least 4 members (excludes halogenated alkanes) is 1. The Kier molecular flexibility index (Phi) is 6.27. The molecule has 0 aliphatic carbocycles. The molecule has 0 spiro atoms. The summed E-state index contributed by atoms with van der Waals surface area (Å²) in [6.07, 6.45) is 4.95. The third kappa shape index (κ3) is 4.15. The minimum absolute atomic E-state index is 0.834. The molecule has 1 rings (SSSR count). The van der Waals surface area contributed by atoms with Gasteiger partial charge < -0.3 is 4.90 Å². The molecule has 0 fully saturated rings. The van der Waals surface area contributed by atoms with Gasteiger partial charge in [-0.1, -0.05) is 20.3 Å². The smallest absolute Gasteiger partial charge is 0.0705 e. The normalized spacial score (nSPS) is 17.7. The zero-order valence-corrected chi connectivity index (χ0v) is 11.7. The summed E-state index contributed by atoms with van der Waals surface area (Å²) >= 11 is 0. The topological polar surface area (TPSA) is 18.8 Å². The van der Waals surface area contributed by atoms with Crippen molar-refractivity contribution in [2.24, 2.45) is 4.99 Å². The van der Waals surface area contributed by atoms with E-state index in [0.717, 1.165) is 26.3 Å². The Morgan fingerprint density at radius 3 is 2.71 bits per heavy atom. The summed E-state index contributed by atoms with van der Waals surface area (Å²) in [5.41, 5.74) is 3.19. The SMILES string of the molecule is C=NCCN1CN(C)CC(CC)=C1CCCC. The summed E-state index contributed by atoms with van der Waals surface area (Å²) in [4.78, 5) is 8.87. The van der Waals surface area contributed by atoms with Crippen LogP contribution in [0.3, 0.4) is 0 Å². The molecule has 0 unspecified atom stereocenters. The maximum absolute atomic E-state index is 3.99. The highest BCUT2D eigenvalue weighted by atomic mass is 15.3. The Hall–Kier alpha value is -0.830. The van der Waals surface area contributed by atoms with Crippen LogP contribution in [-0.2, 0) is 0 Å². The second-order valence-electron chi connectivity index (χ2n) is 4.87. The van der Waals surface area contributed by atoms with Gasteiger partial charge in [0, 0.05) is 18.8 Å². The molecule has 3 nitrogen and oxygen atoms in total. The molecule has 1 heterocycles. The molecule has 3 heteroatoms. The van der Waals surface area contributed by atoms with E-state index in [1.54, 1.807) is 11.3 Å². The Morgan fingerprint density at radius 2 is 2.12 bits per heavy atom. The molecule has 0 saturated heterocycles. The first-order valence-electron chi connectivity index (χ1n) is 6.79. The minimum Gasteiger partial charge on any atom is -0.360 e. The van der Waals surface area contributed by atoms with Crippen LogP contribution in [0.4, 0.5) is 0 Å². The molecule has 0 N–H and O–H groups in total. The Labute approximate surface area is 106 Å². The molecule has 0 bridgehead atoms. The highest BCUT2D eigenvalue weighted by Crippen LogP contribution is 2.24. The number of aliphatic imine (C=N–C) groups is 1. The molecule has 98 valence electrons. The average molecular weight is 237 g/mol. The Balaban J connectivity index is 2.77. The molecular formula is C14H27N3. The minimum atomic E-state index is 0.834. The van der Waals surface area contributed by atoms with E-state index in [-0.39, 0.29) is 0 Å². The van der Waals surface area contributed by atoms with Crippen LogP contribution in [-0.4, -0.2) is 49.9 Å². The quantitative estimate of drug-likeness (QED) is 0.634. The Bertz CT molecular complexity index is 271. The van der Waals surface area contributed by atoms with Crippen molar-refractivity contribution >= 4 is 6.72 Å². The summed E-state index contributed by atoms with van der Waals surface area (Å²) < 4.78 is 0. The number of likely N-dealkylation sites (N-methyl/N-ethyl adjacent to an activating group) is 1. The van der Waals surface area contributed by atoms with Crippen molar-refractivity contribution in [2.75, 3.05) is 33.4 Å². The van der Waals surface area contributed by atoms with Gasteiger partial charge in [0.2, 0.25) is 0 Å². The van der Waals surface area contributed by atoms with E-state index in [1.165, 1.54) is 25.7 Å². The first-order chi connectivity index (χ1) is 8.22. The van der Waals surface area contributed by atoms with Gasteiger partial charge in [0.05, 0.1) is 13.2 Å². The molecule has 17 heavy (non-hydrogen) atoms. The van der Waals surface area contributed by atoms with E-state index in [1.807, 2.05) is 0 Å². The second kappa shape index (κ2) is 7.49. The van der Waals surface area contributed by atoms with Gasteiger partial charge in [0.1, 0.15) is 0 Å². The van der Waals surface area contributed by atoms with Gasteiger partial charge in [0.15, 0.2) is 0 Å². The summed E-state index contributed by atoms with van der Waals surface area (Å²) in [5.74, 6) is 0. The number of hydrogen-bond acceptors (Lipinski definition) is 3. The van der Waals surface area contributed by atoms with Crippen molar-refractivity contribution in [1.29, 1.82) is 0 Å². The lowest BCUT2D eigenvalue weighted by atomic mass is 10.0. The fraction of sp³-hybridized carbons (Fsp3) is 0.786. The van der Waals surface area contributed by atoms with Gasteiger partial charge in [-0.2, -0.15) is 0 Å². The Morgan fingerprint density at radius 1 is 1.35 bits per heavy atom. The lowest BCUT2D eigenvalue weighted by molar-refractivity contribution is 0.171. The zero-order chi connectivity index (χ0) is 12.7. The molecule has 0 aromatic heterocycles. The van der Waals surface area contributed by atoms with Crippen LogP contribution in [0.5, 0.6) is 0 Å². The molecule has 1 aliphatic rings. The predicted molar refractivity (Wildman–Crippen MR) is 75.5 cm³/mol. The van der Waals surface area contributed by atoms with Gasteiger partial charge in [-0.15, -0.1) is 0 Å². The van der Waals surface area contributed by atoms with E-state index < -0.39 is 0 Å². The number of rotatable bonds is 7. The van der Waals surface area contributed by atoms with Crippen molar-refractivity contribution in [3.8, 4) is 0 Å². The van der Waals surface area contributed by atoms with Gasteiger partial charge in [-0.3, -0.25) is 9.89 Å². The lowest BCUT2D eigenvalue weighted by Gasteiger charge is -2.38. The molecule has 1 aliphatic heterocycles. The first-order valence-corrected chi connectivity index (χ1v) is 6.79. The highest BCUT2D eigenvalue weighted by molar-refractivity contribution is 5.23. The number of nitrogens with zero attached hydrogens (tertiary/aromatic N) is 3. The van der Waals surface area contributed by atoms with Crippen LogP contribution in [0.15, 0.2) is 16.3 Å². The molecule has 0 aromatic rings. The summed E-state index contributed by atoms with van der Waals surface area (Å²) in [6.45, 7) is 12.1. The van der Waals surface area contributed by atoms with Gasteiger partial charge >= 0.3 is 0 Å². The van der Waals surface area contributed by atoms with Gasteiger partial charge in [-0.25, -0.2) is 0 Å². The summed E-state index contributed by atoms with van der Waals surface area (Å²) in [7, 11) is 2.20. The molecule has 0 radical (unpaired) electrons. The van der Waals surface area contributed by atoms with Gasteiger partial charge in [0.25, 0.3) is 0 Å². The van der Waals surface area contributed by atoms with Crippen LogP contribution in [0, 0.1) is 0 Å². The van der Waals surface area contributed by atoms with Crippen LogP contribution < -0.4 is 0 Å². The maximum atomic E-state index is 3.99. The van der Waals surface area contributed by atoms with Crippen molar-refractivity contribution in [3.05, 3.63) is 11.3 Å². The van der Waals surface area contributed by atoms with Crippen LogP contribution in [0.1, 0.15) is 39.5 Å². The standard InChI is InChI=1S/C14H27N3/c1-5-7-8-14-13(6-2)11-16(4)12-17(14)10-9-15-3/h3,5-12H2,1-2,4H3. The fourth-order valence-corrected chi connectivity index (χ4v) is 2.46. The summed E-state index contributed by atoms with van der Waals surface area (Å²) in [6, 6.07) is 0. The molecule has 0 aromatic carbocycles. The van der Waals surface area contributed by atoms with Crippen LogP contribution in [0.2, 0.25) is 0 Å². The predicted octanol–water partition coefficient (Wildman–Crippen LogP) is 2.75. The highest BCUT2D eigenvalue weighted by Gasteiger charge is 2.20. The molecular weight excluding hydrogens is 210 g/mol. The van der Waals surface area contributed by atoms with Crippen molar-refractivity contribution in [1.82, 2.24) is 9.80 Å². The van der Waals surface area contributed by atoms with Gasteiger partial charge in [-0.05, 0) is 38.6 Å². The lowest BCUT2D eigenvalue weighted by Crippen LogP contribution is -2.42. The van der Waals surface area contributed by atoms with E-state index in [9.17, 15) is 0 Å². The van der Waals surface area contributed by atoms with E-state index in [4.69, 9.17) is 0 Å². The fourth-order valence-electron chi connectivity index (χ4n) is 2.46. The maximum Gasteiger partial charge on any atom is 0.0705 e. The van der Waals surface area contributed by atoms with Crippen LogP contribution >= 0.6 is 0 Å². The van der Waals surface area contributed by atoms with Crippen molar-refractivity contribution in [3.63, 3.8) is 0 Å². The average Bonchev–Trinajstić information content (AvgIpc) is 2.34. The van der Waals surface area contributed by atoms with E-state index in [0.29, 0.717) is 0 Å². The molecule has 0 atom stereocenters. The van der Waals surface area contributed by atoms with E-state index in [2.05, 4.69) is 42.4 Å². The molecule has 0 saturated carbocycles. The number of hydrogen-bond donors (Lipinski definition) is 0. The third-order valence-electron chi connectivity index (χ3n) is 3.38. The van der Waals surface area contributed by atoms with E-state index >= 15 is 0 Å². The van der Waals surface area contributed by atoms with Crippen molar-refractivity contribution < 1.29 is 0 Å². The zero-order valence-electron chi connectivity index (χ0n) is 11.7. The molecule has 0 amide bonds. The monoisotopic (exact) mass is 237 g/mol.